The van der Waals surface area contributed by atoms with Gasteiger partial charge in [-0.3, -0.25) is 0 Å². The lowest BCUT2D eigenvalue weighted by Gasteiger charge is -2.12. The minimum absolute atomic E-state index is 0.0973. The van der Waals surface area contributed by atoms with Crippen LogP contribution in [0.2, 0.25) is 0 Å². The molecule has 0 aliphatic rings. The van der Waals surface area contributed by atoms with E-state index in [1.54, 1.807) is 22.6 Å². The van der Waals surface area contributed by atoms with E-state index in [1.165, 1.54) is 14.0 Å². The summed E-state index contributed by atoms with van der Waals surface area (Å²) in [5, 5.41) is 0. The number of hydrogen-bond acceptors (Lipinski definition) is 4. The van der Waals surface area contributed by atoms with Crippen molar-refractivity contribution >= 4 is 28.6 Å². The van der Waals surface area contributed by atoms with Gasteiger partial charge >= 0.3 is 12.3 Å². The first kappa shape index (κ1) is 14.0. The second-order valence-electron chi connectivity index (χ2n) is 2.96. The molecule has 0 radical (unpaired) electrons. The van der Waals surface area contributed by atoms with Crippen molar-refractivity contribution in [3.8, 4) is 5.88 Å². The quantitative estimate of drug-likeness (QED) is 0.601. The number of halogens is 4. The summed E-state index contributed by atoms with van der Waals surface area (Å²) in [4.78, 5) is 14.7. The van der Waals surface area contributed by atoms with Gasteiger partial charge in [0.15, 0.2) is 0 Å². The highest BCUT2D eigenvalue weighted by molar-refractivity contribution is 14.1. The maximum Gasteiger partial charge on any atom is 0.574 e. The fourth-order valence-corrected chi connectivity index (χ4v) is 1.63. The number of pyridine rings is 1. The summed E-state index contributed by atoms with van der Waals surface area (Å²) in [6, 6.07) is 0. The summed E-state index contributed by atoms with van der Waals surface area (Å²) >= 11 is 1.73. The van der Waals surface area contributed by atoms with Crippen LogP contribution >= 0.6 is 22.6 Å². The van der Waals surface area contributed by atoms with Gasteiger partial charge in [0.05, 0.1) is 12.7 Å². The molecule has 0 aliphatic carbocycles. The number of ether oxygens (including phenoxy) is 2. The molecule has 17 heavy (non-hydrogen) atoms. The van der Waals surface area contributed by atoms with Crippen LogP contribution in [0, 0.1) is 10.5 Å². The molecular formula is C9H7F3INO3. The summed E-state index contributed by atoms with van der Waals surface area (Å²) in [7, 11) is 1.17. The Morgan fingerprint density at radius 2 is 2.06 bits per heavy atom. The van der Waals surface area contributed by atoms with Gasteiger partial charge in [0.1, 0.15) is 0 Å². The predicted molar refractivity (Wildman–Crippen MR) is 59.7 cm³/mol. The lowest BCUT2D eigenvalue weighted by molar-refractivity contribution is -0.276. The Balaban J connectivity index is 3.15. The van der Waals surface area contributed by atoms with E-state index in [0.717, 1.165) is 6.20 Å². The first-order chi connectivity index (χ1) is 7.76. The summed E-state index contributed by atoms with van der Waals surface area (Å²) in [5.74, 6) is -1.24. The van der Waals surface area contributed by atoms with Crippen molar-refractivity contribution in [2.24, 2.45) is 0 Å². The number of hydrogen-bond donors (Lipinski definition) is 0. The van der Waals surface area contributed by atoms with E-state index >= 15 is 0 Å². The summed E-state index contributed by atoms with van der Waals surface area (Å²) in [6.45, 7) is 1.38. The van der Waals surface area contributed by atoms with Gasteiger partial charge in [0, 0.05) is 15.3 Å². The van der Waals surface area contributed by atoms with Crippen LogP contribution in [0.5, 0.6) is 5.88 Å². The third-order valence-corrected chi connectivity index (χ3v) is 3.21. The van der Waals surface area contributed by atoms with E-state index in [0.29, 0.717) is 3.57 Å². The Labute approximate surface area is 108 Å². The molecule has 0 unspecified atom stereocenters. The molecular weight excluding hydrogens is 354 g/mol. The number of methoxy groups -OCH3 is 1. The second-order valence-corrected chi connectivity index (χ2v) is 4.03. The van der Waals surface area contributed by atoms with Crippen LogP contribution in [-0.2, 0) is 4.74 Å². The molecule has 0 atom stereocenters. The molecule has 0 N–H and O–H groups in total. The van der Waals surface area contributed by atoms with Crippen LogP contribution in [0.4, 0.5) is 13.2 Å². The first-order valence-corrected chi connectivity index (χ1v) is 5.33. The minimum Gasteiger partial charge on any atom is -0.465 e. The van der Waals surface area contributed by atoms with Gasteiger partial charge in [0.2, 0.25) is 5.88 Å². The van der Waals surface area contributed by atoms with E-state index in [2.05, 4.69) is 14.5 Å². The van der Waals surface area contributed by atoms with Gasteiger partial charge in [-0.1, -0.05) is 0 Å². The Hall–Kier alpha value is -1.06. The molecule has 0 saturated carbocycles. The lowest BCUT2D eigenvalue weighted by atomic mass is 10.2. The van der Waals surface area contributed by atoms with Crippen LogP contribution in [0.15, 0.2) is 6.20 Å². The zero-order valence-corrected chi connectivity index (χ0v) is 10.9. The van der Waals surface area contributed by atoms with Crippen molar-refractivity contribution in [1.29, 1.82) is 0 Å². The van der Waals surface area contributed by atoms with Crippen LogP contribution < -0.4 is 4.74 Å². The molecule has 0 amide bonds. The molecule has 0 aliphatic heterocycles. The number of carbonyl (C=O) groups is 1. The number of rotatable bonds is 2. The topological polar surface area (TPSA) is 48.4 Å². The minimum atomic E-state index is -4.81. The molecule has 0 spiro atoms. The predicted octanol–water partition coefficient (Wildman–Crippen LogP) is 2.68. The Morgan fingerprint density at radius 1 is 1.47 bits per heavy atom. The maximum absolute atomic E-state index is 12.0. The lowest BCUT2D eigenvalue weighted by Crippen LogP contribution is -2.19. The summed E-state index contributed by atoms with van der Waals surface area (Å²) in [5.41, 5.74) is 0.228. The van der Waals surface area contributed by atoms with Gasteiger partial charge in [-0.25, -0.2) is 9.78 Å². The van der Waals surface area contributed by atoms with Gasteiger partial charge in [0.25, 0.3) is 0 Å². The van der Waals surface area contributed by atoms with Gasteiger partial charge in [-0.2, -0.15) is 0 Å². The third kappa shape index (κ3) is 3.45. The molecule has 1 heterocycles. The van der Waals surface area contributed by atoms with Crippen LogP contribution in [0.3, 0.4) is 0 Å². The smallest absolute Gasteiger partial charge is 0.465 e. The summed E-state index contributed by atoms with van der Waals surface area (Å²) in [6.07, 6.45) is -3.82. The fourth-order valence-electron chi connectivity index (χ4n) is 1.04. The molecule has 1 aromatic heterocycles. The highest BCUT2D eigenvalue weighted by Crippen LogP contribution is 2.28. The van der Waals surface area contributed by atoms with Gasteiger partial charge in [-0.15, -0.1) is 13.2 Å². The van der Waals surface area contributed by atoms with Crippen molar-refractivity contribution in [1.82, 2.24) is 4.98 Å². The van der Waals surface area contributed by atoms with E-state index in [9.17, 15) is 18.0 Å². The zero-order valence-electron chi connectivity index (χ0n) is 8.76. The number of nitrogens with zero attached hydrogens (tertiary/aromatic N) is 1. The largest absolute Gasteiger partial charge is 0.574 e. The van der Waals surface area contributed by atoms with E-state index < -0.39 is 18.2 Å². The number of alkyl halides is 3. The molecule has 1 aromatic rings. The summed E-state index contributed by atoms with van der Waals surface area (Å²) < 4.78 is 44.6. The van der Waals surface area contributed by atoms with E-state index in [-0.39, 0.29) is 11.1 Å². The third-order valence-electron chi connectivity index (χ3n) is 1.82. The maximum atomic E-state index is 12.0. The van der Waals surface area contributed by atoms with Crippen molar-refractivity contribution in [2.45, 2.75) is 13.3 Å². The molecule has 8 heteroatoms. The fraction of sp³-hybridized carbons (Fsp3) is 0.333. The zero-order chi connectivity index (χ0) is 13.2. The second kappa shape index (κ2) is 5.07. The monoisotopic (exact) mass is 361 g/mol. The standard InChI is InChI=1S/C9H7F3INO3/c1-4-6(13)5(8(15)16-2)3-14-7(4)17-9(10,11)12/h3H,1-2H3. The van der Waals surface area contributed by atoms with Crippen molar-refractivity contribution in [3.63, 3.8) is 0 Å². The average molecular weight is 361 g/mol. The number of aromatic nitrogens is 1. The van der Waals surface area contributed by atoms with Crippen LogP contribution in [0.1, 0.15) is 15.9 Å². The van der Waals surface area contributed by atoms with Crippen molar-refractivity contribution in [2.75, 3.05) is 7.11 Å². The SMILES string of the molecule is COC(=O)c1cnc(OC(F)(F)F)c(C)c1I. The number of esters is 1. The average Bonchev–Trinajstić information content (AvgIpc) is 2.22. The molecule has 1 rings (SSSR count). The van der Waals surface area contributed by atoms with Crippen molar-refractivity contribution in [3.05, 3.63) is 20.9 Å². The molecule has 0 aromatic carbocycles. The van der Waals surface area contributed by atoms with Crippen LogP contribution in [0.25, 0.3) is 0 Å². The highest BCUT2D eigenvalue weighted by Gasteiger charge is 2.33. The normalized spacial score (nSPS) is 11.2. The first-order valence-electron chi connectivity index (χ1n) is 4.25. The molecule has 0 fully saturated rings. The Morgan fingerprint density at radius 3 is 2.53 bits per heavy atom. The van der Waals surface area contributed by atoms with E-state index in [1.807, 2.05) is 0 Å². The molecule has 94 valence electrons. The van der Waals surface area contributed by atoms with Gasteiger partial charge in [-0.05, 0) is 29.5 Å². The highest BCUT2D eigenvalue weighted by atomic mass is 127. The van der Waals surface area contributed by atoms with Gasteiger partial charge < -0.3 is 9.47 Å². The van der Waals surface area contributed by atoms with Crippen molar-refractivity contribution < 1.29 is 27.4 Å². The van der Waals surface area contributed by atoms with Crippen LogP contribution in [-0.4, -0.2) is 24.4 Å². The molecule has 0 saturated heterocycles. The number of carbonyl (C=O) groups excluding carboxylic acids is 1. The Bertz CT molecular complexity index is 448. The Kier molecular flexibility index (Phi) is 4.17. The van der Waals surface area contributed by atoms with E-state index in [4.69, 9.17) is 0 Å². The molecule has 0 bridgehead atoms. The molecule has 4 nitrogen and oxygen atoms in total.